The zero-order chi connectivity index (χ0) is 7.94. The molecule has 1 rings (SSSR count). The van der Waals surface area contributed by atoms with Crippen LogP contribution in [0.1, 0.15) is 27.2 Å². The Morgan fingerprint density at radius 1 is 1.60 bits per heavy atom. The molecular formula is C8H14O2. The van der Waals surface area contributed by atoms with Crippen molar-refractivity contribution in [1.29, 1.82) is 0 Å². The molecule has 0 aliphatic heterocycles. The Balaban J connectivity index is 2.85. The Morgan fingerprint density at radius 3 is 2.20 bits per heavy atom. The molecule has 1 fully saturated rings. The molecule has 0 heterocycles. The van der Waals surface area contributed by atoms with Gasteiger partial charge in [-0.2, -0.15) is 0 Å². The molecule has 0 aromatic rings. The fraction of sp³-hybridized carbons (Fsp3) is 0.875. The molecule has 0 amide bonds. The van der Waals surface area contributed by atoms with E-state index in [1.807, 2.05) is 6.92 Å². The van der Waals surface area contributed by atoms with Gasteiger partial charge in [-0.25, -0.2) is 0 Å². The van der Waals surface area contributed by atoms with Crippen molar-refractivity contribution in [3.05, 3.63) is 0 Å². The molecule has 0 aromatic heterocycles. The van der Waals surface area contributed by atoms with E-state index in [4.69, 9.17) is 0 Å². The van der Waals surface area contributed by atoms with E-state index in [0.717, 1.165) is 0 Å². The molecular weight excluding hydrogens is 128 g/mol. The van der Waals surface area contributed by atoms with Crippen LogP contribution in [0.5, 0.6) is 0 Å². The van der Waals surface area contributed by atoms with Crippen LogP contribution in [0, 0.1) is 11.8 Å². The van der Waals surface area contributed by atoms with Crippen LogP contribution in [0.15, 0.2) is 0 Å². The molecule has 0 bridgehead atoms. The Kier molecular flexibility index (Phi) is 1.59. The highest BCUT2D eigenvalue weighted by Crippen LogP contribution is 2.36. The summed E-state index contributed by atoms with van der Waals surface area (Å²) in [5.74, 6) is 0.134. The molecule has 1 saturated carbocycles. The fourth-order valence-electron chi connectivity index (χ4n) is 1.44. The second kappa shape index (κ2) is 2.06. The molecule has 1 aliphatic rings. The van der Waals surface area contributed by atoms with Gasteiger partial charge in [0, 0.05) is 12.3 Å². The predicted molar refractivity (Wildman–Crippen MR) is 38.6 cm³/mol. The summed E-state index contributed by atoms with van der Waals surface area (Å²) >= 11 is 0. The molecule has 0 spiro atoms. The number of Topliss-reactive ketones (excluding diaryl/α,β-unsaturated/α-hetero) is 1. The molecule has 2 heteroatoms. The lowest BCUT2D eigenvalue weighted by Crippen LogP contribution is -2.34. The van der Waals surface area contributed by atoms with Crippen molar-refractivity contribution in [3.8, 4) is 0 Å². The van der Waals surface area contributed by atoms with Gasteiger partial charge in [0.25, 0.3) is 0 Å². The van der Waals surface area contributed by atoms with Gasteiger partial charge < -0.3 is 5.11 Å². The van der Waals surface area contributed by atoms with E-state index >= 15 is 0 Å². The van der Waals surface area contributed by atoms with Gasteiger partial charge in [-0.15, -0.1) is 0 Å². The van der Waals surface area contributed by atoms with Crippen LogP contribution >= 0.6 is 0 Å². The third-order valence-corrected chi connectivity index (χ3v) is 2.86. The SMILES string of the molecule is CC1CC(=O)C(C)C1(C)O. The number of carbonyl (C=O) groups is 1. The molecule has 10 heavy (non-hydrogen) atoms. The smallest absolute Gasteiger partial charge is 0.138 e. The van der Waals surface area contributed by atoms with Crippen molar-refractivity contribution < 1.29 is 9.90 Å². The quantitative estimate of drug-likeness (QED) is 0.547. The zero-order valence-corrected chi connectivity index (χ0v) is 6.72. The number of carbonyl (C=O) groups excluding carboxylic acids is 1. The summed E-state index contributed by atoms with van der Waals surface area (Å²) in [6.45, 7) is 5.46. The fourth-order valence-corrected chi connectivity index (χ4v) is 1.44. The third-order valence-electron chi connectivity index (χ3n) is 2.86. The van der Waals surface area contributed by atoms with Crippen LogP contribution in [-0.4, -0.2) is 16.5 Å². The Morgan fingerprint density at radius 2 is 2.10 bits per heavy atom. The summed E-state index contributed by atoms with van der Waals surface area (Å²) in [6.07, 6.45) is 0.536. The molecule has 2 nitrogen and oxygen atoms in total. The molecule has 3 unspecified atom stereocenters. The van der Waals surface area contributed by atoms with Gasteiger partial charge in [-0.1, -0.05) is 13.8 Å². The van der Waals surface area contributed by atoms with Gasteiger partial charge in [0.15, 0.2) is 0 Å². The first-order chi connectivity index (χ1) is 4.46. The largest absolute Gasteiger partial charge is 0.389 e. The third kappa shape index (κ3) is 0.870. The summed E-state index contributed by atoms with van der Waals surface area (Å²) < 4.78 is 0. The van der Waals surface area contributed by atoms with Gasteiger partial charge in [0.05, 0.1) is 5.60 Å². The Hall–Kier alpha value is -0.370. The maximum atomic E-state index is 11.0. The van der Waals surface area contributed by atoms with E-state index < -0.39 is 5.60 Å². The minimum absolute atomic E-state index is 0.120. The zero-order valence-electron chi connectivity index (χ0n) is 6.72. The molecule has 0 aromatic carbocycles. The first-order valence-corrected chi connectivity index (χ1v) is 3.71. The summed E-state index contributed by atoms with van der Waals surface area (Å²) in [5, 5.41) is 9.68. The monoisotopic (exact) mass is 142 g/mol. The van der Waals surface area contributed by atoms with Crippen LogP contribution in [-0.2, 0) is 4.79 Å². The topological polar surface area (TPSA) is 37.3 Å². The lowest BCUT2D eigenvalue weighted by atomic mass is 9.88. The van der Waals surface area contributed by atoms with Gasteiger partial charge in [-0.05, 0) is 12.8 Å². The van der Waals surface area contributed by atoms with Gasteiger partial charge in [-0.3, -0.25) is 4.79 Å². The predicted octanol–water partition coefficient (Wildman–Crippen LogP) is 0.982. The number of hydrogen-bond donors (Lipinski definition) is 1. The molecule has 0 radical (unpaired) electrons. The highest BCUT2D eigenvalue weighted by molar-refractivity contribution is 5.84. The standard InChI is InChI=1S/C8H14O2/c1-5-4-7(9)6(2)8(5,3)10/h5-6,10H,4H2,1-3H3. The average Bonchev–Trinajstić information content (AvgIpc) is 1.97. The van der Waals surface area contributed by atoms with E-state index in [2.05, 4.69) is 0 Å². The van der Waals surface area contributed by atoms with Crippen molar-refractivity contribution >= 4 is 5.78 Å². The normalized spacial score (nSPS) is 48.2. The highest BCUT2D eigenvalue weighted by atomic mass is 16.3. The van der Waals surface area contributed by atoms with E-state index in [9.17, 15) is 9.90 Å². The minimum atomic E-state index is -0.767. The maximum Gasteiger partial charge on any atom is 0.138 e. The number of aliphatic hydroxyl groups is 1. The maximum absolute atomic E-state index is 11.0. The Bertz CT molecular complexity index is 161. The molecule has 1 N–H and O–H groups in total. The van der Waals surface area contributed by atoms with Crippen molar-refractivity contribution in [2.24, 2.45) is 11.8 Å². The second-order valence-electron chi connectivity index (χ2n) is 3.52. The Labute approximate surface area is 61.2 Å². The number of ketones is 1. The summed E-state index contributed by atoms with van der Waals surface area (Å²) in [4.78, 5) is 11.0. The van der Waals surface area contributed by atoms with E-state index in [1.165, 1.54) is 0 Å². The summed E-state index contributed by atoms with van der Waals surface area (Å²) in [6, 6.07) is 0. The first-order valence-electron chi connectivity index (χ1n) is 3.71. The van der Waals surface area contributed by atoms with Crippen LogP contribution in [0.25, 0.3) is 0 Å². The molecule has 1 aliphatic carbocycles. The van der Waals surface area contributed by atoms with Crippen molar-refractivity contribution in [2.45, 2.75) is 32.8 Å². The first kappa shape index (κ1) is 7.73. The van der Waals surface area contributed by atoms with Crippen molar-refractivity contribution in [3.63, 3.8) is 0 Å². The lowest BCUT2D eigenvalue weighted by Gasteiger charge is -2.25. The van der Waals surface area contributed by atoms with E-state index in [0.29, 0.717) is 6.42 Å². The average molecular weight is 142 g/mol. The summed E-state index contributed by atoms with van der Waals surface area (Å²) in [7, 11) is 0. The molecule has 58 valence electrons. The lowest BCUT2D eigenvalue weighted by molar-refractivity contribution is -0.123. The van der Waals surface area contributed by atoms with Gasteiger partial charge in [0.2, 0.25) is 0 Å². The van der Waals surface area contributed by atoms with Crippen LogP contribution < -0.4 is 0 Å². The summed E-state index contributed by atoms with van der Waals surface area (Å²) in [5.41, 5.74) is -0.767. The highest BCUT2D eigenvalue weighted by Gasteiger charge is 2.45. The number of rotatable bonds is 0. The molecule has 3 atom stereocenters. The van der Waals surface area contributed by atoms with Crippen molar-refractivity contribution in [1.82, 2.24) is 0 Å². The van der Waals surface area contributed by atoms with Gasteiger partial charge >= 0.3 is 0 Å². The molecule has 0 saturated heterocycles. The van der Waals surface area contributed by atoms with Crippen LogP contribution in [0.3, 0.4) is 0 Å². The second-order valence-corrected chi connectivity index (χ2v) is 3.52. The van der Waals surface area contributed by atoms with Crippen LogP contribution in [0.2, 0.25) is 0 Å². The van der Waals surface area contributed by atoms with Crippen LogP contribution in [0.4, 0.5) is 0 Å². The van der Waals surface area contributed by atoms with E-state index in [1.54, 1.807) is 13.8 Å². The van der Waals surface area contributed by atoms with E-state index in [-0.39, 0.29) is 17.6 Å². The number of hydrogen-bond acceptors (Lipinski definition) is 2. The minimum Gasteiger partial charge on any atom is -0.389 e. The van der Waals surface area contributed by atoms with Gasteiger partial charge in [0.1, 0.15) is 5.78 Å². The van der Waals surface area contributed by atoms with Crippen molar-refractivity contribution in [2.75, 3.05) is 0 Å².